The summed E-state index contributed by atoms with van der Waals surface area (Å²) in [6.45, 7) is 4.36. The molecule has 0 fully saturated rings. The minimum atomic E-state index is 0.219. The van der Waals surface area contributed by atoms with Crippen molar-refractivity contribution in [2.75, 3.05) is 0 Å². The highest BCUT2D eigenvalue weighted by atomic mass is 16.1. The van der Waals surface area contributed by atoms with Crippen molar-refractivity contribution in [2.45, 2.75) is 90.5 Å². The molecule has 0 aliphatic carbocycles. The van der Waals surface area contributed by atoms with E-state index in [0.29, 0.717) is 6.42 Å². The Labute approximate surface area is 143 Å². The van der Waals surface area contributed by atoms with Gasteiger partial charge in [-0.05, 0) is 31.7 Å². The fraction of sp³-hybridized carbons (Fsp3) is 0.667. The van der Waals surface area contributed by atoms with Crippen LogP contribution in [0.2, 0.25) is 0 Å². The van der Waals surface area contributed by atoms with E-state index in [4.69, 9.17) is 0 Å². The van der Waals surface area contributed by atoms with E-state index in [2.05, 4.69) is 43.4 Å². The largest absolute Gasteiger partial charge is 0.354 e. The molecule has 0 bridgehead atoms. The Morgan fingerprint density at radius 2 is 1.57 bits per heavy atom. The van der Waals surface area contributed by atoms with E-state index in [1.54, 1.807) is 0 Å². The van der Waals surface area contributed by atoms with Crippen LogP contribution in [-0.4, -0.2) is 11.9 Å². The summed E-state index contributed by atoms with van der Waals surface area (Å²) < 4.78 is 0. The molecule has 0 aliphatic rings. The number of rotatable bonds is 13. The number of hydrogen-bond acceptors (Lipinski definition) is 1. The summed E-state index contributed by atoms with van der Waals surface area (Å²) in [6.07, 6.45) is 13.0. The van der Waals surface area contributed by atoms with Crippen LogP contribution in [-0.2, 0) is 11.2 Å². The van der Waals surface area contributed by atoms with Crippen molar-refractivity contribution in [1.29, 1.82) is 0 Å². The number of hydrogen-bond donors (Lipinski definition) is 1. The molecule has 0 heterocycles. The van der Waals surface area contributed by atoms with Crippen LogP contribution >= 0.6 is 0 Å². The Bertz CT molecular complexity index is 402. The third-order valence-electron chi connectivity index (χ3n) is 4.37. The third-order valence-corrected chi connectivity index (χ3v) is 4.37. The van der Waals surface area contributed by atoms with Crippen LogP contribution in [0.5, 0.6) is 0 Å². The number of carbonyl (C=O) groups excluding carboxylic acids is 1. The Morgan fingerprint density at radius 1 is 0.957 bits per heavy atom. The maximum absolute atomic E-state index is 11.9. The molecule has 0 aromatic heterocycles. The standard InChI is InChI=1S/C21H35NO/c1-3-4-5-6-7-8-9-13-16-21(23)22-19(2)17-18-20-14-11-10-12-15-20/h10-12,14-15,19H,3-9,13,16-18H2,1-2H3,(H,22,23). The average molecular weight is 318 g/mol. The number of unbranched alkanes of at least 4 members (excludes halogenated alkanes) is 7. The van der Waals surface area contributed by atoms with Crippen molar-refractivity contribution in [3.05, 3.63) is 35.9 Å². The van der Waals surface area contributed by atoms with Crippen molar-refractivity contribution in [3.8, 4) is 0 Å². The molecular weight excluding hydrogens is 282 g/mol. The summed E-state index contributed by atoms with van der Waals surface area (Å²) in [5.74, 6) is 0.219. The molecule has 1 unspecified atom stereocenters. The molecule has 0 saturated heterocycles. The topological polar surface area (TPSA) is 29.1 Å². The molecular formula is C21H35NO. The minimum absolute atomic E-state index is 0.219. The highest BCUT2D eigenvalue weighted by molar-refractivity contribution is 5.76. The first kappa shape index (κ1) is 19.7. The Morgan fingerprint density at radius 3 is 2.22 bits per heavy atom. The Balaban J connectivity index is 1.98. The molecule has 1 atom stereocenters. The van der Waals surface area contributed by atoms with Gasteiger partial charge in [-0.3, -0.25) is 4.79 Å². The second kappa shape index (κ2) is 13.2. The number of aryl methyl sites for hydroxylation is 1. The molecule has 1 N–H and O–H groups in total. The number of amides is 1. The highest BCUT2D eigenvalue weighted by Crippen LogP contribution is 2.10. The van der Waals surface area contributed by atoms with Gasteiger partial charge in [-0.15, -0.1) is 0 Å². The number of nitrogens with one attached hydrogen (secondary N) is 1. The second-order valence-electron chi connectivity index (χ2n) is 6.72. The van der Waals surface area contributed by atoms with Crippen LogP contribution in [0, 0.1) is 0 Å². The normalized spacial score (nSPS) is 12.1. The van der Waals surface area contributed by atoms with Gasteiger partial charge >= 0.3 is 0 Å². The van der Waals surface area contributed by atoms with Crippen molar-refractivity contribution in [1.82, 2.24) is 5.32 Å². The van der Waals surface area contributed by atoms with Crippen molar-refractivity contribution < 1.29 is 4.79 Å². The van der Waals surface area contributed by atoms with Crippen LogP contribution in [0.4, 0.5) is 0 Å². The zero-order valence-electron chi connectivity index (χ0n) is 15.2. The molecule has 1 aromatic rings. The minimum Gasteiger partial charge on any atom is -0.354 e. The quantitative estimate of drug-likeness (QED) is 0.468. The van der Waals surface area contributed by atoms with E-state index in [9.17, 15) is 4.79 Å². The Hall–Kier alpha value is -1.31. The van der Waals surface area contributed by atoms with Gasteiger partial charge in [0, 0.05) is 12.5 Å². The zero-order chi connectivity index (χ0) is 16.8. The molecule has 0 aliphatic heterocycles. The summed E-state index contributed by atoms with van der Waals surface area (Å²) in [4.78, 5) is 11.9. The van der Waals surface area contributed by atoms with Crippen molar-refractivity contribution >= 4 is 5.91 Å². The molecule has 0 spiro atoms. The molecule has 1 aromatic carbocycles. The lowest BCUT2D eigenvalue weighted by molar-refractivity contribution is -0.121. The van der Waals surface area contributed by atoms with E-state index in [1.807, 2.05) is 6.07 Å². The lowest BCUT2D eigenvalue weighted by atomic mass is 10.1. The van der Waals surface area contributed by atoms with Gasteiger partial charge in [-0.25, -0.2) is 0 Å². The van der Waals surface area contributed by atoms with Crippen LogP contribution in [0.25, 0.3) is 0 Å². The van der Waals surface area contributed by atoms with E-state index < -0.39 is 0 Å². The maximum Gasteiger partial charge on any atom is 0.220 e. The van der Waals surface area contributed by atoms with E-state index in [1.165, 1.54) is 50.5 Å². The predicted molar refractivity (Wildman–Crippen MR) is 99.6 cm³/mol. The van der Waals surface area contributed by atoms with Crippen molar-refractivity contribution in [2.24, 2.45) is 0 Å². The van der Waals surface area contributed by atoms with Crippen LogP contribution in [0.1, 0.15) is 83.6 Å². The van der Waals surface area contributed by atoms with Gasteiger partial charge in [-0.2, -0.15) is 0 Å². The smallest absolute Gasteiger partial charge is 0.220 e. The summed E-state index contributed by atoms with van der Waals surface area (Å²) in [6, 6.07) is 10.7. The summed E-state index contributed by atoms with van der Waals surface area (Å²) in [5.41, 5.74) is 1.34. The Kier molecular flexibility index (Phi) is 11.3. The fourth-order valence-corrected chi connectivity index (χ4v) is 2.87. The SMILES string of the molecule is CCCCCCCCCCC(=O)NC(C)CCc1ccccc1. The number of benzene rings is 1. The lowest BCUT2D eigenvalue weighted by Gasteiger charge is -2.14. The lowest BCUT2D eigenvalue weighted by Crippen LogP contribution is -2.32. The molecule has 23 heavy (non-hydrogen) atoms. The van der Waals surface area contributed by atoms with Gasteiger partial charge < -0.3 is 5.32 Å². The van der Waals surface area contributed by atoms with E-state index in [-0.39, 0.29) is 11.9 Å². The summed E-state index contributed by atoms with van der Waals surface area (Å²) in [5, 5.41) is 3.13. The van der Waals surface area contributed by atoms with E-state index >= 15 is 0 Å². The van der Waals surface area contributed by atoms with Gasteiger partial charge in [0.05, 0.1) is 0 Å². The molecule has 130 valence electrons. The molecule has 1 rings (SSSR count). The molecule has 2 nitrogen and oxygen atoms in total. The van der Waals surface area contributed by atoms with Crippen molar-refractivity contribution in [3.63, 3.8) is 0 Å². The van der Waals surface area contributed by atoms with Crippen LogP contribution < -0.4 is 5.32 Å². The third kappa shape index (κ3) is 11.0. The summed E-state index contributed by atoms with van der Waals surface area (Å²) in [7, 11) is 0. The molecule has 0 radical (unpaired) electrons. The first-order valence-electron chi connectivity index (χ1n) is 9.55. The first-order chi connectivity index (χ1) is 11.2. The van der Waals surface area contributed by atoms with Crippen LogP contribution in [0.15, 0.2) is 30.3 Å². The monoisotopic (exact) mass is 317 g/mol. The fourth-order valence-electron chi connectivity index (χ4n) is 2.87. The number of carbonyl (C=O) groups is 1. The first-order valence-corrected chi connectivity index (χ1v) is 9.55. The highest BCUT2D eigenvalue weighted by Gasteiger charge is 2.07. The van der Waals surface area contributed by atoms with Gasteiger partial charge in [0.2, 0.25) is 5.91 Å². The zero-order valence-corrected chi connectivity index (χ0v) is 15.2. The second-order valence-corrected chi connectivity index (χ2v) is 6.72. The molecule has 2 heteroatoms. The predicted octanol–water partition coefficient (Wildman–Crippen LogP) is 5.65. The average Bonchev–Trinajstić information content (AvgIpc) is 2.56. The molecule has 0 saturated carbocycles. The van der Waals surface area contributed by atoms with Gasteiger partial charge in [-0.1, -0.05) is 82.2 Å². The van der Waals surface area contributed by atoms with Gasteiger partial charge in [0.25, 0.3) is 0 Å². The maximum atomic E-state index is 11.9. The van der Waals surface area contributed by atoms with E-state index in [0.717, 1.165) is 19.3 Å². The van der Waals surface area contributed by atoms with Crippen LogP contribution in [0.3, 0.4) is 0 Å². The molecule has 1 amide bonds. The summed E-state index contributed by atoms with van der Waals surface area (Å²) >= 11 is 0. The van der Waals surface area contributed by atoms with Gasteiger partial charge in [0.15, 0.2) is 0 Å². The van der Waals surface area contributed by atoms with Gasteiger partial charge in [0.1, 0.15) is 0 Å².